The standard InChI is InChI=1S/C12H22N4O3S/c1-10(2)9-19-8-4-7-15-20(17,18)11-5-3-6-14-12(11)16-13/h3,5-6,10,15H,4,7-9,13H2,1-2H3,(H,14,16). The second kappa shape index (κ2) is 8.15. The van der Waals surface area contributed by atoms with Crippen molar-refractivity contribution in [3.05, 3.63) is 18.3 Å². The van der Waals surface area contributed by atoms with Crippen molar-refractivity contribution < 1.29 is 13.2 Å². The molecular formula is C12H22N4O3S. The zero-order chi connectivity index (χ0) is 15.0. The second-order valence-electron chi connectivity index (χ2n) is 4.71. The van der Waals surface area contributed by atoms with Gasteiger partial charge in [-0.25, -0.2) is 24.0 Å². The number of sulfonamides is 1. The Kier molecular flexibility index (Phi) is 6.86. The Balaban J connectivity index is 2.46. The van der Waals surface area contributed by atoms with Gasteiger partial charge in [0.15, 0.2) is 5.82 Å². The number of hydrazine groups is 1. The zero-order valence-electron chi connectivity index (χ0n) is 11.8. The van der Waals surface area contributed by atoms with Crippen LogP contribution in [0.4, 0.5) is 5.82 Å². The van der Waals surface area contributed by atoms with Crippen molar-refractivity contribution >= 4 is 15.8 Å². The van der Waals surface area contributed by atoms with Crippen LogP contribution in [0.15, 0.2) is 23.2 Å². The Labute approximate surface area is 119 Å². The lowest BCUT2D eigenvalue weighted by Gasteiger charge is -2.10. The summed E-state index contributed by atoms with van der Waals surface area (Å²) >= 11 is 0. The minimum absolute atomic E-state index is 0.0330. The highest BCUT2D eigenvalue weighted by Gasteiger charge is 2.18. The van der Waals surface area contributed by atoms with Crippen molar-refractivity contribution in [1.29, 1.82) is 0 Å². The first kappa shape index (κ1) is 16.8. The summed E-state index contributed by atoms with van der Waals surface area (Å²) in [6.45, 7) is 5.63. The number of rotatable bonds is 9. The molecule has 4 N–H and O–H groups in total. The zero-order valence-corrected chi connectivity index (χ0v) is 12.6. The van der Waals surface area contributed by atoms with Gasteiger partial charge in [0.25, 0.3) is 0 Å². The van der Waals surface area contributed by atoms with E-state index in [0.29, 0.717) is 32.1 Å². The van der Waals surface area contributed by atoms with Crippen LogP contribution in [-0.4, -0.2) is 33.2 Å². The molecular weight excluding hydrogens is 280 g/mol. The number of nitrogen functional groups attached to an aromatic ring is 1. The number of hydrogen-bond acceptors (Lipinski definition) is 6. The first-order valence-electron chi connectivity index (χ1n) is 6.46. The van der Waals surface area contributed by atoms with Gasteiger partial charge >= 0.3 is 0 Å². The first-order chi connectivity index (χ1) is 9.47. The van der Waals surface area contributed by atoms with Crippen molar-refractivity contribution in [2.24, 2.45) is 11.8 Å². The molecule has 0 atom stereocenters. The van der Waals surface area contributed by atoms with Gasteiger partial charge in [-0.05, 0) is 24.5 Å². The van der Waals surface area contributed by atoms with E-state index < -0.39 is 10.0 Å². The van der Waals surface area contributed by atoms with Gasteiger partial charge in [-0.3, -0.25) is 0 Å². The molecule has 1 aromatic heterocycles. The molecule has 0 aliphatic heterocycles. The molecule has 0 amide bonds. The number of anilines is 1. The van der Waals surface area contributed by atoms with Gasteiger partial charge in [-0.1, -0.05) is 13.8 Å². The minimum atomic E-state index is -3.62. The second-order valence-corrected chi connectivity index (χ2v) is 6.45. The van der Waals surface area contributed by atoms with E-state index >= 15 is 0 Å². The third-order valence-electron chi connectivity index (χ3n) is 2.41. The van der Waals surface area contributed by atoms with E-state index in [4.69, 9.17) is 10.6 Å². The summed E-state index contributed by atoms with van der Waals surface area (Å²) in [5.41, 5.74) is 2.27. The molecule has 0 aliphatic carbocycles. The van der Waals surface area contributed by atoms with E-state index in [1.54, 1.807) is 6.07 Å². The van der Waals surface area contributed by atoms with Crippen LogP contribution < -0.4 is 16.0 Å². The lowest BCUT2D eigenvalue weighted by Crippen LogP contribution is -2.27. The summed E-state index contributed by atoms with van der Waals surface area (Å²) in [7, 11) is -3.62. The van der Waals surface area contributed by atoms with Gasteiger partial charge in [0.2, 0.25) is 10.0 Å². The Bertz CT molecular complexity index is 505. The highest BCUT2D eigenvalue weighted by atomic mass is 32.2. The van der Waals surface area contributed by atoms with E-state index in [2.05, 4.69) is 29.0 Å². The highest BCUT2D eigenvalue weighted by molar-refractivity contribution is 7.89. The quantitative estimate of drug-likeness (QED) is 0.352. The smallest absolute Gasteiger partial charge is 0.244 e. The van der Waals surface area contributed by atoms with Crippen molar-refractivity contribution in [3.8, 4) is 0 Å². The van der Waals surface area contributed by atoms with Crippen LogP contribution in [0.3, 0.4) is 0 Å². The molecule has 0 saturated heterocycles. The predicted octanol–water partition coefficient (Wildman–Crippen LogP) is 0.708. The lowest BCUT2D eigenvalue weighted by atomic mass is 10.2. The fourth-order valence-corrected chi connectivity index (χ4v) is 2.69. The van der Waals surface area contributed by atoms with E-state index in [1.807, 2.05) is 0 Å². The summed E-state index contributed by atoms with van der Waals surface area (Å²) in [6, 6.07) is 2.99. The van der Waals surface area contributed by atoms with Crippen LogP contribution in [0.5, 0.6) is 0 Å². The molecule has 0 aliphatic rings. The van der Waals surface area contributed by atoms with Gasteiger partial charge in [-0.15, -0.1) is 0 Å². The SMILES string of the molecule is CC(C)COCCCNS(=O)(=O)c1cccnc1NN. The number of nitrogens with two attached hydrogens (primary N) is 1. The van der Waals surface area contributed by atoms with Crippen molar-refractivity contribution in [1.82, 2.24) is 9.71 Å². The topological polar surface area (TPSA) is 106 Å². The molecule has 1 aromatic rings. The molecule has 0 saturated carbocycles. The Hall–Kier alpha value is -1.22. The molecule has 20 heavy (non-hydrogen) atoms. The van der Waals surface area contributed by atoms with E-state index in [0.717, 1.165) is 0 Å². The maximum atomic E-state index is 12.1. The Morgan fingerprint density at radius 3 is 2.85 bits per heavy atom. The Morgan fingerprint density at radius 2 is 2.20 bits per heavy atom. The average Bonchev–Trinajstić information content (AvgIpc) is 2.42. The van der Waals surface area contributed by atoms with Crippen LogP contribution >= 0.6 is 0 Å². The summed E-state index contributed by atoms with van der Waals surface area (Å²) in [5, 5.41) is 0. The van der Waals surface area contributed by atoms with Gasteiger partial charge in [-0.2, -0.15) is 0 Å². The van der Waals surface area contributed by atoms with E-state index in [1.165, 1.54) is 12.3 Å². The fraction of sp³-hybridized carbons (Fsp3) is 0.583. The third kappa shape index (κ3) is 5.41. The Morgan fingerprint density at radius 1 is 1.45 bits per heavy atom. The summed E-state index contributed by atoms with van der Waals surface area (Å²) in [6.07, 6.45) is 2.07. The number of ether oxygens (including phenoxy) is 1. The number of nitrogens with zero attached hydrogens (tertiary/aromatic N) is 1. The number of pyridine rings is 1. The fourth-order valence-electron chi connectivity index (χ4n) is 1.49. The monoisotopic (exact) mass is 302 g/mol. The van der Waals surface area contributed by atoms with Gasteiger partial charge in [0, 0.05) is 26.0 Å². The van der Waals surface area contributed by atoms with Crippen LogP contribution in [0.25, 0.3) is 0 Å². The molecule has 0 aromatic carbocycles. The molecule has 114 valence electrons. The number of nitrogens with one attached hydrogen (secondary N) is 2. The van der Waals surface area contributed by atoms with Crippen LogP contribution in [0.2, 0.25) is 0 Å². The number of aromatic nitrogens is 1. The average molecular weight is 302 g/mol. The molecule has 0 unspecified atom stereocenters. The lowest BCUT2D eigenvalue weighted by molar-refractivity contribution is 0.108. The normalized spacial score (nSPS) is 11.8. The molecule has 1 heterocycles. The van der Waals surface area contributed by atoms with E-state index in [9.17, 15) is 8.42 Å². The first-order valence-corrected chi connectivity index (χ1v) is 7.94. The molecule has 0 bridgehead atoms. The summed E-state index contributed by atoms with van der Waals surface area (Å²) in [5.74, 6) is 5.84. The maximum absolute atomic E-state index is 12.1. The third-order valence-corrected chi connectivity index (χ3v) is 3.90. The van der Waals surface area contributed by atoms with Crippen molar-refractivity contribution in [2.45, 2.75) is 25.2 Å². The largest absolute Gasteiger partial charge is 0.381 e. The minimum Gasteiger partial charge on any atom is -0.381 e. The van der Waals surface area contributed by atoms with Crippen LogP contribution in [-0.2, 0) is 14.8 Å². The molecule has 8 heteroatoms. The van der Waals surface area contributed by atoms with Gasteiger partial charge in [0.1, 0.15) is 4.90 Å². The molecule has 0 fully saturated rings. The maximum Gasteiger partial charge on any atom is 0.244 e. The van der Waals surface area contributed by atoms with E-state index in [-0.39, 0.29) is 10.7 Å². The summed E-state index contributed by atoms with van der Waals surface area (Å²) in [4.78, 5) is 3.89. The van der Waals surface area contributed by atoms with Crippen molar-refractivity contribution in [2.75, 3.05) is 25.2 Å². The predicted molar refractivity (Wildman–Crippen MR) is 77.5 cm³/mol. The molecule has 7 nitrogen and oxygen atoms in total. The van der Waals surface area contributed by atoms with Gasteiger partial charge in [0.05, 0.1) is 0 Å². The highest BCUT2D eigenvalue weighted by Crippen LogP contribution is 2.16. The number of hydrogen-bond donors (Lipinski definition) is 3. The van der Waals surface area contributed by atoms with Gasteiger partial charge < -0.3 is 10.2 Å². The van der Waals surface area contributed by atoms with Crippen LogP contribution in [0, 0.1) is 5.92 Å². The summed E-state index contributed by atoms with van der Waals surface area (Å²) < 4.78 is 32.0. The van der Waals surface area contributed by atoms with Crippen molar-refractivity contribution in [3.63, 3.8) is 0 Å². The molecule has 0 radical (unpaired) electrons. The molecule has 0 spiro atoms. The molecule has 1 rings (SSSR count). The van der Waals surface area contributed by atoms with Crippen LogP contribution in [0.1, 0.15) is 20.3 Å².